The molecule has 0 bridgehead atoms. The maximum Gasteiger partial charge on any atom is 0.225 e. The zero-order valence-electron chi connectivity index (χ0n) is 14.0. The Bertz CT molecular complexity index is 521. The molecule has 1 saturated heterocycles. The molecule has 0 radical (unpaired) electrons. The van der Waals surface area contributed by atoms with E-state index in [-0.39, 0.29) is 5.91 Å². The highest BCUT2D eigenvalue weighted by Crippen LogP contribution is 2.25. The highest BCUT2D eigenvalue weighted by Gasteiger charge is 2.26. The number of piperazine rings is 1. The molecule has 6 heteroatoms. The third-order valence-corrected chi connectivity index (χ3v) is 4.88. The minimum absolute atomic E-state index is 0.0169. The van der Waals surface area contributed by atoms with Gasteiger partial charge in [-0.05, 0) is 19.3 Å². The van der Waals surface area contributed by atoms with Crippen LogP contribution < -0.4 is 10.2 Å². The van der Waals surface area contributed by atoms with Crippen molar-refractivity contribution < 1.29 is 4.79 Å². The molecule has 1 amide bonds. The number of carbonyl (C=O) groups excluding carboxylic acids is 1. The van der Waals surface area contributed by atoms with Crippen LogP contribution >= 0.6 is 0 Å². The van der Waals surface area contributed by atoms with Gasteiger partial charge in [-0.15, -0.1) is 0 Å². The molecule has 1 saturated carbocycles. The average Bonchev–Trinajstić information content (AvgIpc) is 3.10. The highest BCUT2D eigenvalue weighted by molar-refractivity contribution is 5.89. The molecule has 2 fully saturated rings. The molecule has 1 aromatic heterocycles. The van der Waals surface area contributed by atoms with Crippen LogP contribution in [0.5, 0.6) is 0 Å². The minimum Gasteiger partial charge on any atom is -0.354 e. The summed E-state index contributed by atoms with van der Waals surface area (Å²) in [5.74, 6) is 1.53. The molecule has 1 aliphatic heterocycles. The van der Waals surface area contributed by atoms with Crippen LogP contribution in [0.15, 0.2) is 12.4 Å². The Balaban J connectivity index is 1.56. The molecule has 126 valence electrons. The molecule has 2 heterocycles. The van der Waals surface area contributed by atoms with Gasteiger partial charge in [0.05, 0.1) is 0 Å². The summed E-state index contributed by atoms with van der Waals surface area (Å²) >= 11 is 0. The first-order chi connectivity index (χ1) is 11.3. The Morgan fingerprint density at radius 1 is 1.22 bits per heavy atom. The molecular weight excluding hydrogens is 290 g/mol. The van der Waals surface area contributed by atoms with E-state index in [1.54, 1.807) is 6.33 Å². The average molecular weight is 317 g/mol. The summed E-state index contributed by atoms with van der Waals surface area (Å²) in [4.78, 5) is 25.2. The van der Waals surface area contributed by atoms with Gasteiger partial charge in [-0.2, -0.15) is 0 Å². The van der Waals surface area contributed by atoms with Gasteiger partial charge in [-0.3, -0.25) is 9.69 Å². The minimum atomic E-state index is 0.0169. The number of hydrogen-bond acceptors (Lipinski definition) is 5. The number of nitrogens with one attached hydrogen (secondary N) is 1. The van der Waals surface area contributed by atoms with Crippen LogP contribution in [0.1, 0.15) is 45.4 Å². The van der Waals surface area contributed by atoms with Crippen molar-refractivity contribution in [3.63, 3.8) is 0 Å². The predicted molar refractivity (Wildman–Crippen MR) is 91.6 cm³/mol. The molecule has 1 aromatic rings. The van der Waals surface area contributed by atoms with E-state index in [4.69, 9.17) is 0 Å². The summed E-state index contributed by atoms with van der Waals surface area (Å²) in [5.41, 5.74) is 0. The molecule has 0 spiro atoms. The predicted octanol–water partition coefficient (Wildman–Crippen LogP) is 2.28. The van der Waals surface area contributed by atoms with Crippen molar-refractivity contribution in [1.29, 1.82) is 0 Å². The van der Waals surface area contributed by atoms with Crippen molar-refractivity contribution in [2.45, 2.75) is 51.5 Å². The second kappa shape index (κ2) is 7.73. The van der Waals surface area contributed by atoms with E-state index in [1.807, 2.05) is 13.0 Å². The van der Waals surface area contributed by atoms with Crippen LogP contribution in [0.4, 0.5) is 11.6 Å². The standard InChI is InChI=1S/C17H27N5O/c1-2-5-17(23)20-15-12-16(19-13-18-15)22-10-8-21(9-11-22)14-6-3-4-7-14/h12-14H,2-11H2,1H3,(H,18,19,20,23). The number of anilines is 2. The van der Waals surface area contributed by atoms with E-state index >= 15 is 0 Å². The number of aromatic nitrogens is 2. The SMILES string of the molecule is CCCC(=O)Nc1cc(N2CCN(C3CCCC3)CC2)ncn1. The Hall–Kier alpha value is -1.69. The lowest BCUT2D eigenvalue weighted by Gasteiger charge is -2.38. The Kier molecular flexibility index (Phi) is 5.43. The highest BCUT2D eigenvalue weighted by atomic mass is 16.1. The molecule has 3 rings (SSSR count). The zero-order chi connectivity index (χ0) is 16.1. The lowest BCUT2D eigenvalue weighted by Crippen LogP contribution is -2.50. The van der Waals surface area contributed by atoms with Crippen molar-refractivity contribution >= 4 is 17.5 Å². The topological polar surface area (TPSA) is 61.4 Å². The van der Waals surface area contributed by atoms with Gasteiger partial charge in [0, 0.05) is 44.7 Å². The molecule has 0 aromatic carbocycles. The van der Waals surface area contributed by atoms with E-state index in [0.717, 1.165) is 44.5 Å². The Morgan fingerprint density at radius 3 is 2.65 bits per heavy atom. The summed E-state index contributed by atoms with van der Waals surface area (Å²) < 4.78 is 0. The van der Waals surface area contributed by atoms with Crippen molar-refractivity contribution in [3.05, 3.63) is 12.4 Å². The van der Waals surface area contributed by atoms with Crippen LogP contribution in [-0.4, -0.2) is 53.0 Å². The number of nitrogens with zero attached hydrogens (tertiary/aromatic N) is 4. The maximum atomic E-state index is 11.7. The van der Waals surface area contributed by atoms with Crippen LogP contribution in [0.3, 0.4) is 0 Å². The van der Waals surface area contributed by atoms with Gasteiger partial charge < -0.3 is 10.2 Å². The van der Waals surface area contributed by atoms with E-state index in [9.17, 15) is 4.79 Å². The fraction of sp³-hybridized carbons (Fsp3) is 0.706. The van der Waals surface area contributed by atoms with Crippen molar-refractivity contribution in [3.8, 4) is 0 Å². The molecule has 6 nitrogen and oxygen atoms in total. The molecule has 0 atom stereocenters. The molecule has 0 unspecified atom stereocenters. The summed E-state index contributed by atoms with van der Waals surface area (Å²) in [6, 6.07) is 2.69. The van der Waals surface area contributed by atoms with Crippen LogP contribution in [0.2, 0.25) is 0 Å². The van der Waals surface area contributed by atoms with Gasteiger partial charge in [0.1, 0.15) is 18.0 Å². The monoisotopic (exact) mass is 317 g/mol. The van der Waals surface area contributed by atoms with Crippen molar-refractivity contribution in [2.24, 2.45) is 0 Å². The van der Waals surface area contributed by atoms with Crippen LogP contribution in [0.25, 0.3) is 0 Å². The first kappa shape index (κ1) is 16.2. The zero-order valence-corrected chi connectivity index (χ0v) is 14.0. The van der Waals surface area contributed by atoms with E-state index in [2.05, 4.69) is 25.1 Å². The number of carbonyl (C=O) groups is 1. The quantitative estimate of drug-likeness (QED) is 0.903. The third kappa shape index (κ3) is 4.19. The molecule has 1 N–H and O–H groups in total. The van der Waals surface area contributed by atoms with E-state index < -0.39 is 0 Å². The van der Waals surface area contributed by atoms with Gasteiger partial charge in [0.2, 0.25) is 5.91 Å². The molecule has 2 aliphatic rings. The first-order valence-electron chi connectivity index (χ1n) is 8.87. The largest absolute Gasteiger partial charge is 0.354 e. The molecule has 23 heavy (non-hydrogen) atoms. The Labute approximate surface area is 138 Å². The summed E-state index contributed by atoms with van der Waals surface area (Å²) in [7, 11) is 0. The van der Waals surface area contributed by atoms with E-state index in [0.29, 0.717) is 12.2 Å². The molecule has 1 aliphatic carbocycles. The summed E-state index contributed by atoms with van der Waals surface area (Å²) in [5, 5.41) is 2.85. The van der Waals surface area contributed by atoms with Gasteiger partial charge in [0.25, 0.3) is 0 Å². The second-order valence-corrected chi connectivity index (χ2v) is 6.52. The summed E-state index contributed by atoms with van der Waals surface area (Å²) in [6.45, 7) is 6.19. The fourth-order valence-corrected chi connectivity index (χ4v) is 3.61. The number of rotatable bonds is 5. The van der Waals surface area contributed by atoms with Gasteiger partial charge in [0.15, 0.2) is 0 Å². The third-order valence-electron chi connectivity index (χ3n) is 4.88. The first-order valence-corrected chi connectivity index (χ1v) is 8.87. The fourth-order valence-electron chi connectivity index (χ4n) is 3.61. The summed E-state index contributed by atoms with van der Waals surface area (Å²) in [6.07, 6.45) is 8.41. The van der Waals surface area contributed by atoms with Crippen molar-refractivity contribution in [2.75, 3.05) is 36.4 Å². The lowest BCUT2D eigenvalue weighted by molar-refractivity contribution is -0.116. The Morgan fingerprint density at radius 2 is 1.96 bits per heavy atom. The lowest BCUT2D eigenvalue weighted by atomic mass is 10.2. The van der Waals surface area contributed by atoms with E-state index in [1.165, 1.54) is 25.7 Å². The molecular formula is C17H27N5O. The number of hydrogen-bond donors (Lipinski definition) is 1. The van der Waals surface area contributed by atoms with Crippen LogP contribution in [0, 0.1) is 0 Å². The van der Waals surface area contributed by atoms with Gasteiger partial charge >= 0.3 is 0 Å². The normalized spacial score (nSPS) is 20.0. The smallest absolute Gasteiger partial charge is 0.225 e. The number of amides is 1. The second-order valence-electron chi connectivity index (χ2n) is 6.52. The van der Waals surface area contributed by atoms with Crippen molar-refractivity contribution in [1.82, 2.24) is 14.9 Å². The van der Waals surface area contributed by atoms with Crippen LogP contribution in [-0.2, 0) is 4.79 Å². The van der Waals surface area contributed by atoms with Gasteiger partial charge in [-0.25, -0.2) is 9.97 Å². The van der Waals surface area contributed by atoms with Gasteiger partial charge in [-0.1, -0.05) is 19.8 Å². The maximum absolute atomic E-state index is 11.7.